The van der Waals surface area contributed by atoms with Gasteiger partial charge in [-0.25, -0.2) is 9.97 Å². The van der Waals surface area contributed by atoms with Crippen molar-refractivity contribution in [2.24, 2.45) is 0 Å². The van der Waals surface area contributed by atoms with Crippen LogP contribution in [0.2, 0.25) is 0 Å². The summed E-state index contributed by atoms with van der Waals surface area (Å²) in [6, 6.07) is 0.229. The van der Waals surface area contributed by atoms with Gasteiger partial charge >= 0.3 is 0 Å². The first-order valence-electron chi connectivity index (χ1n) is 6.60. The molecule has 102 valence electrons. The van der Waals surface area contributed by atoms with E-state index in [1.165, 1.54) is 11.8 Å². The molecule has 0 N–H and O–H groups in total. The summed E-state index contributed by atoms with van der Waals surface area (Å²) in [6.45, 7) is 2.86. The molecule has 0 bridgehead atoms. The maximum Gasteiger partial charge on any atom is 0.257 e. The molecule has 1 aliphatic rings. The van der Waals surface area contributed by atoms with Crippen LogP contribution < -0.4 is 0 Å². The van der Waals surface area contributed by atoms with E-state index >= 15 is 0 Å². The van der Waals surface area contributed by atoms with Crippen molar-refractivity contribution in [2.45, 2.75) is 37.4 Å². The summed E-state index contributed by atoms with van der Waals surface area (Å²) in [6.07, 6.45) is 12.7. The molecule has 0 spiro atoms. The molecule has 19 heavy (non-hydrogen) atoms. The fourth-order valence-corrected chi connectivity index (χ4v) is 2.48. The zero-order valence-electron chi connectivity index (χ0n) is 11.4. The Balaban J connectivity index is 2.05. The molecule has 0 saturated carbocycles. The van der Waals surface area contributed by atoms with Crippen LogP contribution in [0.25, 0.3) is 0 Å². The highest BCUT2D eigenvalue weighted by Gasteiger charge is 2.25. The number of carbonyl (C=O) groups is 1. The highest BCUT2D eigenvalue weighted by Crippen LogP contribution is 2.19. The molecule has 0 radical (unpaired) electrons. The Morgan fingerprint density at radius 1 is 1.47 bits per heavy atom. The molecule has 1 atom stereocenters. The van der Waals surface area contributed by atoms with Gasteiger partial charge in [0.25, 0.3) is 5.91 Å². The van der Waals surface area contributed by atoms with Crippen LogP contribution in [0.15, 0.2) is 29.7 Å². The molecule has 1 aromatic heterocycles. The van der Waals surface area contributed by atoms with Gasteiger partial charge in [-0.1, -0.05) is 43.7 Å². The average molecular weight is 277 g/mol. The standard InChI is InChI=1S/C14H19N3OS/c1-3-4-6-12-7-5-8-17(12)13(18)11-9-15-14(19-2)16-10-11/h5,7,9-10,12H,3-4,6,8H2,1-2H3. The van der Waals surface area contributed by atoms with Gasteiger partial charge in [-0.05, 0) is 12.7 Å². The van der Waals surface area contributed by atoms with Crippen molar-refractivity contribution in [3.05, 3.63) is 30.1 Å². The molecule has 2 heterocycles. The topological polar surface area (TPSA) is 46.1 Å². The van der Waals surface area contributed by atoms with Crippen LogP contribution >= 0.6 is 11.8 Å². The molecule has 2 rings (SSSR count). The summed E-state index contributed by atoms with van der Waals surface area (Å²) in [5.41, 5.74) is 0.572. The second-order valence-corrected chi connectivity index (χ2v) is 5.33. The molecule has 0 saturated heterocycles. The van der Waals surface area contributed by atoms with Crippen molar-refractivity contribution in [1.29, 1.82) is 0 Å². The van der Waals surface area contributed by atoms with E-state index in [9.17, 15) is 4.79 Å². The van der Waals surface area contributed by atoms with Gasteiger partial charge in [0.05, 0.1) is 11.6 Å². The fraction of sp³-hybridized carbons (Fsp3) is 0.500. The van der Waals surface area contributed by atoms with Crippen LogP contribution in [0, 0.1) is 0 Å². The van der Waals surface area contributed by atoms with Crippen LogP contribution in [0.3, 0.4) is 0 Å². The monoisotopic (exact) mass is 277 g/mol. The van der Waals surface area contributed by atoms with Crippen LogP contribution in [-0.4, -0.2) is 39.6 Å². The largest absolute Gasteiger partial charge is 0.328 e. The summed E-state index contributed by atoms with van der Waals surface area (Å²) in [5, 5.41) is 0.693. The van der Waals surface area contributed by atoms with Crippen molar-refractivity contribution in [1.82, 2.24) is 14.9 Å². The number of carbonyl (C=O) groups excluding carboxylic acids is 1. The van der Waals surface area contributed by atoms with Gasteiger partial charge in [-0.2, -0.15) is 0 Å². The molecule has 1 unspecified atom stereocenters. The summed E-state index contributed by atoms with van der Waals surface area (Å²) >= 11 is 1.47. The molecule has 1 amide bonds. The average Bonchev–Trinajstić information content (AvgIpc) is 2.92. The Morgan fingerprint density at radius 2 is 2.21 bits per heavy atom. The van der Waals surface area contributed by atoms with E-state index in [4.69, 9.17) is 0 Å². The second kappa shape index (κ2) is 6.70. The number of hydrogen-bond acceptors (Lipinski definition) is 4. The third kappa shape index (κ3) is 3.35. The molecule has 0 fully saturated rings. The number of nitrogens with zero attached hydrogens (tertiary/aromatic N) is 3. The van der Waals surface area contributed by atoms with E-state index in [0.717, 1.165) is 19.3 Å². The Morgan fingerprint density at radius 3 is 2.84 bits per heavy atom. The van der Waals surface area contributed by atoms with E-state index in [-0.39, 0.29) is 11.9 Å². The lowest BCUT2D eigenvalue weighted by Crippen LogP contribution is -2.36. The molecule has 1 aromatic rings. The summed E-state index contributed by atoms with van der Waals surface area (Å²) < 4.78 is 0. The van der Waals surface area contributed by atoms with E-state index in [1.807, 2.05) is 11.2 Å². The van der Waals surface area contributed by atoms with Gasteiger partial charge in [0.2, 0.25) is 0 Å². The number of amides is 1. The number of unbranched alkanes of at least 4 members (excludes halogenated alkanes) is 1. The first kappa shape index (κ1) is 14.1. The Hall–Kier alpha value is -1.36. The van der Waals surface area contributed by atoms with Crippen molar-refractivity contribution >= 4 is 17.7 Å². The number of thioether (sulfide) groups is 1. The fourth-order valence-electron chi connectivity index (χ4n) is 2.17. The van der Waals surface area contributed by atoms with Crippen molar-refractivity contribution in [2.75, 3.05) is 12.8 Å². The minimum absolute atomic E-state index is 0.0266. The summed E-state index contributed by atoms with van der Waals surface area (Å²) in [4.78, 5) is 22.6. The molecule has 0 aliphatic carbocycles. The molecule has 1 aliphatic heterocycles. The van der Waals surface area contributed by atoms with Crippen molar-refractivity contribution in [3.63, 3.8) is 0 Å². The predicted octanol–water partition coefficient (Wildman–Crippen LogP) is 2.77. The third-order valence-corrected chi connectivity index (χ3v) is 3.81. The van der Waals surface area contributed by atoms with Crippen LogP contribution in [-0.2, 0) is 0 Å². The van der Waals surface area contributed by atoms with Gasteiger partial charge < -0.3 is 4.90 Å². The molecule has 4 nitrogen and oxygen atoms in total. The van der Waals surface area contributed by atoms with Crippen LogP contribution in [0.5, 0.6) is 0 Å². The highest BCUT2D eigenvalue weighted by molar-refractivity contribution is 7.98. The first-order chi connectivity index (χ1) is 9.26. The maximum atomic E-state index is 12.4. The number of hydrogen-bond donors (Lipinski definition) is 0. The van der Waals surface area contributed by atoms with Crippen molar-refractivity contribution < 1.29 is 4.79 Å². The lowest BCUT2D eigenvalue weighted by molar-refractivity contribution is 0.0742. The Bertz CT molecular complexity index is 458. The Labute approximate surface area is 118 Å². The normalized spacial score (nSPS) is 18.0. The SMILES string of the molecule is CCCCC1C=CCN1C(=O)c1cnc(SC)nc1. The lowest BCUT2D eigenvalue weighted by atomic mass is 10.1. The Kier molecular flexibility index (Phi) is 4.96. The van der Waals surface area contributed by atoms with Crippen LogP contribution in [0.4, 0.5) is 0 Å². The maximum absolute atomic E-state index is 12.4. The third-order valence-electron chi connectivity index (χ3n) is 3.23. The summed E-state index contributed by atoms with van der Waals surface area (Å²) in [5.74, 6) is 0.0266. The minimum Gasteiger partial charge on any atom is -0.328 e. The quantitative estimate of drug-likeness (QED) is 0.472. The zero-order valence-corrected chi connectivity index (χ0v) is 12.2. The first-order valence-corrected chi connectivity index (χ1v) is 7.82. The lowest BCUT2D eigenvalue weighted by Gasteiger charge is -2.24. The van der Waals surface area contributed by atoms with E-state index in [0.29, 0.717) is 17.3 Å². The summed E-state index contributed by atoms with van der Waals surface area (Å²) in [7, 11) is 0. The van der Waals surface area contributed by atoms with Crippen molar-refractivity contribution in [3.8, 4) is 0 Å². The molecule has 5 heteroatoms. The van der Waals surface area contributed by atoms with E-state index < -0.39 is 0 Å². The van der Waals surface area contributed by atoms with E-state index in [1.54, 1.807) is 12.4 Å². The van der Waals surface area contributed by atoms with Gasteiger partial charge in [0, 0.05) is 18.9 Å². The van der Waals surface area contributed by atoms with Gasteiger partial charge in [-0.15, -0.1) is 0 Å². The zero-order chi connectivity index (χ0) is 13.7. The number of rotatable bonds is 5. The second-order valence-electron chi connectivity index (χ2n) is 4.55. The molecule has 0 aromatic carbocycles. The van der Waals surface area contributed by atoms with Crippen LogP contribution in [0.1, 0.15) is 36.5 Å². The van der Waals surface area contributed by atoms with Gasteiger partial charge in [-0.3, -0.25) is 4.79 Å². The highest BCUT2D eigenvalue weighted by atomic mass is 32.2. The predicted molar refractivity (Wildman–Crippen MR) is 77.3 cm³/mol. The number of aromatic nitrogens is 2. The minimum atomic E-state index is 0.0266. The van der Waals surface area contributed by atoms with Gasteiger partial charge in [0.15, 0.2) is 5.16 Å². The van der Waals surface area contributed by atoms with Gasteiger partial charge in [0.1, 0.15) is 0 Å². The molecular weight excluding hydrogens is 258 g/mol. The van der Waals surface area contributed by atoms with E-state index in [2.05, 4.69) is 29.0 Å². The molecular formula is C14H19N3OS. The smallest absolute Gasteiger partial charge is 0.257 e.